The van der Waals surface area contributed by atoms with E-state index in [0.29, 0.717) is 0 Å². The van der Waals surface area contributed by atoms with Gasteiger partial charge in [-0.25, -0.2) is 4.79 Å². The van der Waals surface area contributed by atoms with Crippen LogP contribution in [0, 0.1) is 0 Å². The quantitative estimate of drug-likeness (QED) is 0.701. The summed E-state index contributed by atoms with van der Waals surface area (Å²) in [5, 5.41) is 5.04. The summed E-state index contributed by atoms with van der Waals surface area (Å²) in [4.78, 5) is 26.1. The lowest BCUT2D eigenvalue weighted by molar-refractivity contribution is -0.121. The number of primary amides is 1. The Bertz CT molecular complexity index is 394. The highest BCUT2D eigenvalue weighted by Crippen LogP contribution is 2.08. The minimum atomic E-state index is -0.853. The summed E-state index contributed by atoms with van der Waals surface area (Å²) in [6, 6.07) is 4.07. The van der Waals surface area contributed by atoms with E-state index in [1.54, 1.807) is 13.1 Å². The predicted octanol–water partition coefficient (Wildman–Crippen LogP) is 0.316. The number of pyridine rings is 1. The van der Waals surface area contributed by atoms with E-state index in [2.05, 4.69) is 10.3 Å². The van der Waals surface area contributed by atoms with Crippen molar-refractivity contribution >= 4 is 11.9 Å². The highest BCUT2D eigenvalue weighted by atomic mass is 16.2. The van der Waals surface area contributed by atoms with Crippen molar-refractivity contribution in [1.82, 2.24) is 15.6 Å². The van der Waals surface area contributed by atoms with E-state index in [-0.39, 0.29) is 6.04 Å². The fraction of sp³-hybridized carbons (Fsp3) is 0.364. The molecule has 6 nitrogen and oxygen atoms in total. The number of amides is 3. The Kier molecular flexibility index (Phi) is 4.59. The second-order valence-corrected chi connectivity index (χ2v) is 3.72. The minimum Gasteiger partial charge on any atom is -0.351 e. The number of rotatable bonds is 4. The summed E-state index contributed by atoms with van der Waals surface area (Å²) in [7, 11) is 0. The third-order valence-corrected chi connectivity index (χ3v) is 2.27. The molecule has 2 atom stereocenters. The van der Waals surface area contributed by atoms with Crippen LogP contribution in [0.15, 0.2) is 24.4 Å². The summed E-state index contributed by atoms with van der Waals surface area (Å²) in [5.74, 6) is -0.458. The van der Waals surface area contributed by atoms with Crippen LogP contribution in [-0.2, 0) is 4.79 Å². The monoisotopic (exact) mass is 236 g/mol. The Balaban J connectivity index is 2.54. The molecule has 1 aromatic heterocycles. The first-order chi connectivity index (χ1) is 8.00. The van der Waals surface area contributed by atoms with Crippen molar-refractivity contribution in [3.8, 4) is 0 Å². The molecular formula is C11H16N4O2. The van der Waals surface area contributed by atoms with E-state index in [4.69, 9.17) is 5.73 Å². The molecule has 0 aliphatic carbocycles. The SMILES string of the molecule is CC(N[C@H](C)c1ccccn1)C(=O)NC(N)=O. The molecule has 1 heterocycles. The molecule has 0 saturated heterocycles. The third-order valence-electron chi connectivity index (χ3n) is 2.27. The summed E-state index contributed by atoms with van der Waals surface area (Å²) in [5.41, 5.74) is 5.69. The van der Waals surface area contributed by atoms with Gasteiger partial charge in [0.2, 0.25) is 5.91 Å². The van der Waals surface area contributed by atoms with Gasteiger partial charge in [-0.3, -0.25) is 20.4 Å². The predicted molar refractivity (Wildman–Crippen MR) is 63.0 cm³/mol. The molecule has 0 saturated carbocycles. The van der Waals surface area contributed by atoms with Crippen LogP contribution in [0.25, 0.3) is 0 Å². The minimum absolute atomic E-state index is 0.0928. The molecule has 4 N–H and O–H groups in total. The number of hydrogen-bond donors (Lipinski definition) is 3. The Morgan fingerprint density at radius 3 is 2.59 bits per heavy atom. The second-order valence-electron chi connectivity index (χ2n) is 3.72. The fourth-order valence-corrected chi connectivity index (χ4v) is 1.40. The lowest BCUT2D eigenvalue weighted by atomic mass is 10.2. The fourth-order valence-electron chi connectivity index (χ4n) is 1.40. The Morgan fingerprint density at radius 2 is 2.06 bits per heavy atom. The Morgan fingerprint density at radius 1 is 1.35 bits per heavy atom. The number of aromatic nitrogens is 1. The van der Waals surface area contributed by atoms with Gasteiger partial charge in [0.1, 0.15) is 0 Å². The number of hydrogen-bond acceptors (Lipinski definition) is 4. The van der Waals surface area contributed by atoms with Crippen molar-refractivity contribution in [2.24, 2.45) is 5.73 Å². The van der Waals surface area contributed by atoms with Crippen LogP contribution in [0.1, 0.15) is 25.6 Å². The molecule has 0 aliphatic heterocycles. The van der Waals surface area contributed by atoms with Crippen LogP contribution in [-0.4, -0.2) is 23.0 Å². The number of imide groups is 1. The summed E-state index contributed by atoms with van der Waals surface area (Å²) >= 11 is 0. The molecule has 92 valence electrons. The van der Waals surface area contributed by atoms with E-state index in [1.165, 1.54) is 0 Å². The first kappa shape index (κ1) is 13.1. The number of nitrogens with two attached hydrogens (primary N) is 1. The van der Waals surface area contributed by atoms with Crippen LogP contribution >= 0.6 is 0 Å². The number of nitrogens with one attached hydrogen (secondary N) is 2. The zero-order valence-corrected chi connectivity index (χ0v) is 9.81. The Labute approximate surface area is 99.6 Å². The maximum absolute atomic E-state index is 11.4. The van der Waals surface area contributed by atoms with E-state index in [1.807, 2.05) is 30.4 Å². The van der Waals surface area contributed by atoms with Gasteiger partial charge in [-0.1, -0.05) is 6.07 Å². The van der Waals surface area contributed by atoms with E-state index in [0.717, 1.165) is 5.69 Å². The number of nitrogens with zero attached hydrogens (tertiary/aromatic N) is 1. The Hall–Kier alpha value is -1.95. The van der Waals surface area contributed by atoms with Crippen LogP contribution in [0.2, 0.25) is 0 Å². The van der Waals surface area contributed by atoms with Gasteiger partial charge < -0.3 is 5.73 Å². The van der Waals surface area contributed by atoms with Gasteiger partial charge in [0, 0.05) is 12.2 Å². The largest absolute Gasteiger partial charge is 0.351 e. The van der Waals surface area contributed by atoms with Crippen molar-refractivity contribution in [1.29, 1.82) is 0 Å². The molecule has 1 aromatic rings. The van der Waals surface area contributed by atoms with Gasteiger partial charge in [-0.2, -0.15) is 0 Å². The van der Waals surface area contributed by atoms with Crippen LogP contribution < -0.4 is 16.4 Å². The highest BCUT2D eigenvalue weighted by molar-refractivity contribution is 5.96. The summed E-state index contributed by atoms with van der Waals surface area (Å²) < 4.78 is 0. The maximum Gasteiger partial charge on any atom is 0.318 e. The molecule has 17 heavy (non-hydrogen) atoms. The van der Waals surface area contributed by atoms with Crippen LogP contribution in [0.3, 0.4) is 0 Å². The van der Waals surface area contributed by atoms with Gasteiger partial charge in [-0.05, 0) is 26.0 Å². The zero-order valence-electron chi connectivity index (χ0n) is 9.81. The molecule has 0 bridgehead atoms. The number of carbonyl (C=O) groups is 2. The lowest BCUT2D eigenvalue weighted by Gasteiger charge is -2.18. The van der Waals surface area contributed by atoms with Crippen LogP contribution in [0.4, 0.5) is 4.79 Å². The van der Waals surface area contributed by atoms with Gasteiger partial charge in [0.05, 0.1) is 11.7 Å². The molecule has 3 amide bonds. The normalized spacial score (nSPS) is 13.8. The van der Waals surface area contributed by atoms with Crippen molar-refractivity contribution in [3.05, 3.63) is 30.1 Å². The van der Waals surface area contributed by atoms with Crippen LogP contribution in [0.5, 0.6) is 0 Å². The molecule has 0 fully saturated rings. The van der Waals surface area contributed by atoms with E-state index >= 15 is 0 Å². The van der Waals surface area contributed by atoms with Crippen molar-refractivity contribution in [3.63, 3.8) is 0 Å². The van der Waals surface area contributed by atoms with Crippen molar-refractivity contribution < 1.29 is 9.59 Å². The van der Waals surface area contributed by atoms with Gasteiger partial charge in [-0.15, -0.1) is 0 Å². The van der Waals surface area contributed by atoms with Gasteiger partial charge in [0.15, 0.2) is 0 Å². The molecular weight excluding hydrogens is 220 g/mol. The number of carbonyl (C=O) groups excluding carboxylic acids is 2. The molecule has 0 radical (unpaired) electrons. The highest BCUT2D eigenvalue weighted by Gasteiger charge is 2.17. The smallest absolute Gasteiger partial charge is 0.318 e. The molecule has 1 unspecified atom stereocenters. The summed E-state index contributed by atoms with van der Waals surface area (Å²) in [6.45, 7) is 3.54. The summed E-state index contributed by atoms with van der Waals surface area (Å²) in [6.07, 6.45) is 1.68. The standard InChI is InChI=1S/C11H16N4O2/c1-7(9-5-3-4-6-13-9)14-8(2)10(16)15-11(12)17/h3-8,14H,1-2H3,(H3,12,15,16,17)/t7-,8?/m1/s1. The van der Waals surface area contributed by atoms with E-state index in [9.17, 15) is 9.59 Å². The topological polar surface area (TPSA) is 97.1 Å². The van der Waals surface area contributed by atoms with Crippen molar-refractivity contribution in [2.75, 3.05) is 0 Å². The molecule has 0 aromatic carbocycles. The first-order valence-electron chi connectivity index (χ1n) is 5.28. The maximum atomic E-state index is 11.4. The third kappa shape index (κ3) is 4.20. The molecule has 0 aliphatic rings. The average Bonchev–Trinajstić information content (AvgIpc) is 2.29. The lowest BCUT2D eigenvalue weighted by Crippen LogP contribution is -2.47. The molecule has 1 rings (SSSR count). The molecule has 6 heteroatoms. The van der Waals surface area contributed by atoms with Gasteiger partial charge >= 0.3 is 6.03 Å². The molecule has 0 spiro atoms. The zero-order chi connectivity index (χ0) is 12.8. The van der Waals surface area contributed by atoms with E-state index < -0.39 is 18.0 Å². The number of urea groups is 1. The average molecular weight is 236 g/mol. The second kappa shape index (κ2) is 5.95. The first-order valence-corrected chi connectivity index (χ1v) is 5.28. The van der Waals surface area contributed by atoms with Gasteiger partial charge in [0.25, 0.3) is 0 Å². The van der Waals surface area contributed by atoms with Crippen molar-refractivity contribution in [2.45, 2.75) is 25.9 Å².